The second-order valence-corrected chi connectivity index (χ2v) is 3.53. The molecule has 1 rings (SSSR count). The van der Waals surface area contributed by atoms with Crippen LogP contribution in [0.25, 0.3) is 0 Å². The minimum absolute atomic E-state index is 0.0745. The third-order valence-electron chi connectivity index (χ3n) is 2.04. The summed E-state index contributed by atoms with van der Waals surface area (Å²) in [6.45, 7) is 1.42. The Morgan fingerprint density at radius 1 is 1.50 bits per heavy atom. The Hall–Kier alpha value is -1.55. The summed E-state index contributed by atoms with van der Waals surface area (Å²) < 4.78 is 0. The van der Waals surface area contributed by atoms with Gasteiger partial charge in [0.25, 0.3) is 0 Å². The van der Waals surface area contributed by atoms with Crippen LogP contribution in [0.15, 0.2) is 24.3 Å². The average Bonchev–Trinajstić information content (AvgIpc) is 2.08. The van der Waals surface area contributed by atoms with Crippen molar-refractivity contribution in [3.05, 3.63) is 29.8 Å². The maximum absolute atomic E-state index is 10.7. The molecule has 0 aliphatic heterocycles. The third kappa shape index (κ3) is 2.23. The van der Waals surface area contributed by atoms with Crippen molar-refractivity contribution in [2.75, 3.05) is 0 Å². The average molecular weight is 195 g/mol. The van der Waals surface area contributed by atoms with Crippen molar-refractivity contribution in [3.63, 3.8) is 0 Å². The Labute approximate surface area is 82.0 Å². The predicted molar refractivity (Wildman–Crippen MR) is 52.0 cm³/mol. The van der Waals surface area contributed by atoms with E-state index in [1.165, 1.54) is 13.0 Å². The number of nitrogens with two attached hydrogens (primary N) is 1. The second kappa shape index (κ2) is 3.67. The smallest absolute Gasteiger partial charge is 0.323 e. The maximum Gasteiger partial charge on any atom is 0.323 e. The summed E-state index contributed by atoms with van der Waals surface area (Å²) in [4.78, 5) is 10.7. The van der Waals surface area contributed by atoms with Crippen molar-refractivity contribution in [3.8, 4) is 5.75 Å². The van der Waals surface area contributed by atoms with Gasteiger partial charge in [-0.1, -0.05) is 18.2 Å². The Morgan fingerprint density at radius 2 is 2.07 bits per heavy atom. The van der Waals surface area contributed by atoms with Crippen LogP contribution in [-0.4, -0.2) is 21.7 Å². The van der Waals surface area contributed by atoms with Crippen LogP contribution in [0.1, 0.15) is 12.5 Å². The van der Waals surface area contributed by atoms with Crippen molar-refractivity contribution in [2.24, 2.45) is 5.73 Å². The van der Waals surface area contributed by atoms with Gasteiger partial charge in [-0.05, 0) is 18.6 Å². The number of hydrogen-bond donors (Lipinski definition) is 3. The van der Waals surface area contributed by atoms with Gasteiger partial charge in [0.2, 0.25) is 0 Å². The van der Waals surface area contributed by atoms with E-state index < -0.39 is 11.5 Å². The summed E-state index contributed by atoms with van der Waals surface area (Å²) in [7, 11) is 0. The van der Waals surface area contributed by atoms with Crippen LogP contribution < -0.4 is 5.73 Å². The highest BCUT2D eigenvalue weighted by Crippen LogP contribution is 2.20. The van der Waals surface area contributed by atoms with E-state index in [4.69, 9.17) is 10.8 Å². The molecule has 0 aromatic heterocycles. The van der Waals surface area contributed by atoms with Gasteiger partial charge in [-0.25, -0.2) is 0 Å². The van der Waals surface area contributed by atoms with Crippen LogP contribution in [0.5, 0.6) is 5.75 Å². The Bertz CT molecular complexity index is 347. The van der Waals surface area contributed by atoms with Crippen LogP contribution >= 0.6 is 0 Å². The fraction of sp³-hybridized carbons (Fsp3) is 0.300. The quantitative estimate of drug-likeness (QED) is 0.664. The number of carbonyl (C=O) groups is 1. The van der Waals surface area contributed by atoms with Gasteiger partial charge in [-0.3, -0.25) is 4.79 Å². The van der Waals surface area contributed by atoms with E-state index in [9.17, 15) is 9.90 Å². The SMILES string of the molecule is CC(N)(Cc1ccccc1O)C(=O)O. The highest BCUT2D eigenvalue weighted by atomic mass is 16.4. The number of aromatic hydroxyl groups is 1. The molecule has 0 aliphatic carbocycles. The third-order valence-corrected chi connectivity index (χ3v) is 2.04. The molecule has 4 heteroatoms. The number of carboxylic acid groups (broad SMARTS) is 1. The summed E-state index contributed by atoms with van der Waals surface area (Å²) in [5.41, 5.74) is 4.74. The van der Waals surface area contributed by atoms with E-state index in [1.54, 1.807) is 18.2 Å². The Morgan fingerprint density at radius 3 is 2.57 bits per heavy atom. The van der Waals surface area contributed by atoms with Crippen molar-refractivity contribution in [2.45, 2.75) is 18.9 Å². The molecule has 0 aliphatic rings. The second-order valence-electron chi connectivity index (χ2n) is 3.53. The number of rotatable bonds is 3. The number of hydrogen-bond acceptors (Lipinski definition) is 3. The van der Waals surface area contributed by atoms with Crippen LogP contribution in [0.2, 0.25) is 0 Å². The minimum Gasteiger partial charge on any atom is -0.508 e. The molecule has 0 bridgehead atoms. The molecule has 4 nitrogen and oxygen atoms in total. The van der Waals surface area contributed by atoms with Gasteiger partial charge >= 0.3 is 5.97 Å². The summed E-state index contributed by atoms with van der Waals surface area (Å²) in [5.74, 6) is -1.01. The molecule has 4 N–H and O–H groups in total. The van der Waals surface area contributed by atoms with E-state index in [0.717, 1.165) is 0 Å². The van der Waals surface area contributed by atoms with Gasteiger partial charge in [0.1, 0.15) is 11.3 Å². The molecule has 14 heavy (non-hydrogen) atoms. The topological polar surface area (TPSA) is 83.5 Å². The van der Waals surface area contributed by atoms with Crippen LogP contribution in [0, 0.1) is 0 Å². The van der Waals surface area contributed by atoms with Crippen LogP contribution in [0.4, 0.5) is 0 Å². The van der Waals surface area contributed by atoms with Gasteiger partial charge in [-0.15, -0.1) is 0 Å². The van der Waals surface area contributed by atoms with E-state index in [0.29, 0.717) is 5.56 Å². The lowest BCUT2D eigenvalue weighted by Crippen LogP contribution is -2.46. The van der Waals surface area contributed by atoms with E-state index in [2.05, 4.69) is 0 Å². The number of aliphatic carboxylic acids is 1. The Kier molecular flexibility index (Phi) is 2.76. The van der Waals surface area contributed by atoms with Gasteiger partial charge in [0.15, 0.2) is 0 Å². The lowest BCUT2D eigenvalue weighted by atomic mass is 9.94. The molecule has 1 unspecified atom stereocenters. The fourth-order valence-corrected chi connectivity index (χ4v) is 1.13. The molecular formula is C10H13NO3. The lowest BCUT2D eigenvalue weighted by Gasteiger charge is -2.19. The van der Waals surface area contributed by atoms with Crippen molar-refractivity contribution < 1.29 is 15.0 Å². The molecule has 0 saturated carbocycles. The van der Waals surface area contributed by atoms with Crippen LogP contribution in [-0.2, 0) is 11.2 Å². The van der Waals surface area contributed by atoms with Gasteiger partial charge in [0.05, 0.1) is 0 Å². The first kappa shape index (κ1) is 10.5. The zero-order valence-electron chi connectivity index (χ0n) is 7.90. The first-order chi connectivity index (χ1) is 6.43. The molecule has 0 spiro atoms. The predicted octanol–water partition coefficient (Wildman–Crippen LogP) is 0.737. The largest absolute Gasteiger partial charge is 0.508 e. The van der Waals surface area contributed by atoms with Gasteiger partial charge < -0.3 is 15.9 Å². The summed E-state index contributed by atoms with van der Waals surface area (Å²) in [5, 5.41) is 18.2. The lowest BCUT2D eigenvalue weighted by molar-refractivity contribution is -0.142. The minimum atomic E-state index is -1.35. The molecule has 76 valence electrons. The van der Waals surface area contributed by atoms with Crippen molar-refractivity contribution in [1.29, 1.82) is 0 Å². The normalized spacial score (nSPS) is 14.7. The fourth-order valence-electron chi connectivity index (χ4n) is 1.13. The van der Waals surface area contributed by atoms with Crippen LogP contribution in [0.3, 0.4) is 0 Å². The van der Waals surface area contributed by atoms with Gasteiger partial charge in [-0.2, -0.15) is 0 Å². The zero-order chi connectivity index (χ0) is 10.8. The molecule has 0 heterocycles. The molecule has 0 fully saturated rings. The van der Waals surface area contributed by atoms with Crippen molar-refractivity contribution in [1.82, 2.24) is 0 Å². The first-order valence-electron chi connectivity index (χ1n) is 4.22. The molecule has 0 saturated heterocycles. The molecule has 1 aromatic carbocycles. The van der Waals surface area contributed by atoms with Crippen molar-refractivity contribution >= 4 is 5.97 Å². The van der Waals surface area contributed by atoms with Gasteiger partial charge in [0, 0.05) is 6.42 Å². The number of phenols is 1. The maximum atomic E-state index is 10.7. The van der Waals surface area contributed by atoms with E-state index >= 15 is 0 Å². The summed E-state index contributed by atoms with van der Waals surface area (Å²) in [6, 6.07) is 6.57. The molecule has 0 amide bonds. The number of phenolic OH excluding ortho intramolecular Hbond substituents is 1. The standard InChI is InChI=1S/C10H13NO3/c1-10(11,9(13)14)6-7-4-2-3-5-8(7)12/h2-5,12H,6,11H2,1H3,(H,13,14). The molecular weight excluding hydrogens is 182 g/mol. The number of para-hydroxylation sites is 1. The zero-order valence-corrected chi connectivity index (χ0v) is 7.90. The molecule has 0 radical (unpaired) electrons. The Balaban J connectivity index is 2.89. The summed E-state index contributed by atoms with van der Waals surface area (Å²) in [6.07, 6.45) is 0.106. The highest BCUT2D eigenvalue weighted by Gasteiger charge is 2.28. The summed E-state index contributed by atoms with van der Waals surface area (Å²) >= 11 is 0. The first-order valence-corrected chi connectivity index (χ1v) is 4.22. The van der Waals surface area contributed by atoms with E-state index in [-0.39, 0.29) is 12.2 Å². The molecule has 1 atom stereocenters. The molecule has 1 aromatic rings. The highest BCUT2D eigenvalue weighted by molar-refractivity contribution is 5.78. The van der Waals surface area contributed by atoms with E-state index in [1.807, 2.05) is 0 Å². The number of benzene rings is 1. The monoisotopic (exact) mass is 195 g/mol. The number of carboxylic acids is 1.